The SMILES string of the molecule is CC(C)c1c(CC(=O)O)nnn1CCCO. The molecule has 16 heavy (non-hydrogen) atoms. The van der Waals surface area contributed by atoms with Crippen LogP contribution < -0.4 is 0 Å². The summed E-state index contributed by atoms with van der Waals surface area (Å²) < 4.78 is 1.68. The molecule has 2 N–H and O–H groups in total. The highest BCUT2D eigenvalue weighted by molar-refractivity contribution is 5.69. The molecule has 0 fully saturated rings. The number of hydrogen-bond donors (Lipinski definition) is 2. The molecule has 0 saturated heterocycles. The summed E-state index contributed by atoms with van der Waals surface area (Å²) in [6.45, 7) is 4.60. The molecule has 0 radical (unpaired) electrons. The smallest absolute Gasteiger partial charge is 0.309 e. The van der Waals surface area contributed by atoms with Crippen molar-refractivity contribution in [1.82, 2.24) is 15.0 Å². The van der Waals surface area contributed by atoms with E-state index < -0.39 is 5.97 Å². The van der Waals surface area contributed by atoms with Gasteiger partial charge in [-0.05, 0) is 12.3 Å². The molecule has 90 valence electrons. The van der Waals surface area contributed by atoms with Gasteiger partial charge < -0.3 is 10.2 Å². The first-order valence-electron chi connectivity index (χ1n) is 5.31. The van der Waals surface area contributed by atoms with E-state index in [-0.39, 0.29) is 18.9 Å². The van der Waals surface area contributed by atoms with Crippen molar-refractivity contribution >= 4 is 5.97 Å². The van der Waals surface area contributed by atoms with Gasteiger partial charge in [0.2, 0.25) is 0 Å². The Morgan fingerprint density at radius 3 is 2.69 bits per heavy atom. The Morgan fingerprint density at radius 2 is 2.19 bits per heavy atom. The molecule has 1 rings (SSSR count). The second kappa shape index (κ2) is 5.60. The number of aliphatic carboxylic acids is 1. The van der Waals surface area contributed by atoms with Crippen molar-refractivity contribution in [2.75, 3.05) is 6.61 Å². The van der Waals surface area contributed by atoms with Crippen LogP contribution in [0.3, 0.4) is 0 Å². The van der Waals surface area contributed by atoms with Crippen LogP contribution in [0.5, 0.6) is 0 Å². The lowest BCUT2D eigenvalue weighted by Crippen LogP contribution is -2.10. The molecule has 0 atom stereocenters. The lowest BCUT2D eigenvalue weighted by atomic mass is 10.1. The lowest BCUT2D eigenvalue weighted by Gasteiger charge is -2.09. The normalized spacial score (nSPS) is 11.0. The molecule has 6 heteroatoms. The number of rotatable bonds is 6. The third-order valence-corrected chi connectivity index (χ3v) is 2.24. The minimum Gasteiger partial charge on any atom is -0.481 e. The van der Waals surface area contributed by atoms with Crippen LogP contribution in [0.1, 0.15) is 37.6 Å². The summed E-state index contributed by atoms with van der Waals surface area (Å²) in [7, 11) is 0. The molecule has 0 amide bonds. The van der Waals surface area contributed by atoms with Crippen molar-refractivity contribution < 1.29 is 15.0 Å². The number of aryl methyl sites for hydroxylation is 1. The molecule has 0 aromatic carbocycles. The topological polar surface area (TPSA) is 88.2 Å². The quantitative estimate of drug-likeness (QED) is 0.735. The fourth-order valence-electron chi connectivity index (χ4n) is 1.64. The van der Waals surface area contributed by atoms with Gasteiger partial charge in [0.05, 0.1) is 17.8 Å². The second-order valence-electron chi connectivity index (χ2n) is 3.95. The van der Waals surface area contributed by atoms with E-state index in [0.717, 1.165) is 5.69 Å². The first-order valence-corrected chi connectivity index (χ1v) is 5.31. The molecule has 1 aromatic rings. The van der Waals surface area contributed by atoms with Gasteiger partial charge in [0.15, 0.2) is 0 Å². The number of aliphatic hydroxyl groups is 1. The average Bonchev–Trinajstić information content (AvgIpc) is 2.56. The number of carboxylic acid groups (broad SMARTS) is 1. The maximum atomic E-state index is 10.6. The Bertz CT molecular complexity index is 360. The van der Waals surface area contributed by atoms with E-state index in [1.807, 2.05) is 13.8 Å². The fourth-order valence-corrected chi connectivity index (χ4v) is 1.64. The summed E-state index contributed by atoms with van der Waals surface area (Å²) in [6, 6.07) is 0. The summed E-state index contributed by atoms with van der Waals surface area (Å²) >= 11 is 0. The number of aliphatic hydroxyl groups excluding tert-OH is 1. The third kappa shape index (κ3) is 3.03. The first kappa shape index (κ1) is 12.6. The summed E-state index contributed by atoms with van der Waals surface area (Å²) in [5.74, 6) is -0.737. The molecule has 0 aliphatic heterocycles. The molecular formula is C10H17N3O3. The highest BCUT2D eigenvalue weighted by Gasteiger charge is 2.17. The van der Waals surface area contributed by atoms with Gasteiger partial charge in [0.25, 0.3) is 0 Å². The minimum absolute atomic E-state index is 0.0889. The summed E-state index contributed by atoms with van der Waals surface area (Å²) in [6.07, 6.45) is 0.488. The Labute approximate surface area is 93.9 Å². The van der Waals surface area contributed by atoms with E-state index in [1.165, 1.54) is 0 Å². The number of hydrogen-bond acceptors (Lipinski definition) is 4. The van der Waals surface area contributed by atoms with Crippen LogP contribution in [-0.4, -0.2) is 37.8 Å². The first-order chi connectivity index (χ1) is 7.56. The van der Waals surface area contributed by atoms with E-state index in [1.54, 1.807) is 4.68 Å². The summed E-state index contributed by atoms with van der Waals surface area (Å²) in [4.78, 5) is 10.6. The second-order valence-corrected chi connectivity index (χ2v) is 3.95. The molecule has 1 heterocycles. The molecule has 0 aliphatic rings. The Kier molecular flexibility index (Phi) is 4.42. The molecule has 0 saturated carbocycles. The zero-order valence-electron chi connectivity index (χ0n) is 9.55. The van der Waals surface area contributed by atoms with E-state index in [2.05, 4.69) is 10.3 Å². The Balaban J connectivity index is 2.92. The Morgan fingerprint density at radius 1 is 1.50 bits per heavy atom. The fraction of sp³-hybridized carbons (Fsp3) is 0.700. The van der Waals surface area contributed by atoms with E-state index in [9.17, 15) is 4.79 Å². The van der Waals surface area contributed by atoms with Crippen molar-refractivity contribution in [1.29, 1.82) is 0 Å². The third-order valence-electron chi connectivity index (χ3n) is 2.24. The van der Waals surface area contributed by atoms with Crippen molar-refractivity contribution in [2.45, 2.75) is 39.2 Å². The van der Waals surface area contributed by atoms with Crippen LogP contribution in [0, 0.1) is 0 Å². The molecule has 1 aromatic heterocycles. The van der Waals surface area contributed by atoms with Crippen molar-refractivity contribution in [3.05, 3.63) is 11.4 Å². The molecule has 0 spiro atoms. The Hall–Kier alpha value is -1.43. The average molecular weight is 227 g/mol. The van der Waals surface area contributed by atoms with Crippen molar-refractivity contribution in [2.24, 2.45) is 0 Å². The van der Waals surface area contributed by atoms with Gasteiger partial charge in [0, 0.05) is 13.2 Å². The number of nitrogens with zero attached hydrogens (tertiary/aromatic N) is 3. The highest BCUT2D eigenvalue weighted by Crippen LogP contribution is 2.18. The monoisotopic (exact) mass is 227 g/mol. The van der Waals surface area contributed by atoms with E-state index >= 15 is 0 Å². The van der Waals surface area contributed by atoms with Gasteiger partial charge in [-0.1, -0.05) is 19.1 Å². The molecular weight excluding hydrogens is 210 g/mol. The van der Waals surface area contributed by atoms with Gasteiger partial charge in [0.1, 0.15) is 0 Å². The lowest BCUT2D eigenvalue weighted by molar-refractivity contribution is -0.136. The predicted octanol–water partition coefficient (Wildman–Crippen LogP) is 0.411. The standard InChI is InChI=1S/C10H17N3O3/c1-7(2)10-8(6-9(15)16)11-12-13(10)4-3-5-14/h7,14H,3-6H2,1-2H3,(H,15,16). The van der Waals surface area contributed by atoms with Crippen LogP contribution in [0.25, 0.3) is 0 Å². The van der Waals surface area contributed by atoms with Crippen LogP contribution in [0.2, 0.25) is 0 Å². The van der Waals surface area contributed by atoms with E-state index in [4.69, 9.17) is 10.2 Å². The minimum atomic E-state index is -0.906. The van der Waals surface area contributed by atoms with Gasteiger partial charge in [-0.25, -0.2) is 4.68 Å². The maximum Gasteiger partial charge on any atom is 0.309 e. The maximum absolute atomic E-state index is 10.6. The van der Waals surface area contributed by atoms with Crippen LogP contribution in [0.4, 0.5) is 0 Å². The highest BCUT2D eigenvalue weighted by atomic mass is 16.4. The summed E-state index contributed by atoms with van der Waals surface area (Å²) in [5.41, 5.74) is 1.36. The number of carbonyl (C=O) groups is 1. The van der Waals surface area contributed by atoms with Crippen LogP contribution in [-0.2, 0) is 17.8 Å². The zero-order chi connectivity index (χ0) is 12.1. The van der Waals surface area contributed by atoms with Crippen LogP contribution >= 0.6 is 0 Å². The van der Waals surface area contributed by atoms with Gasteiger partial charge in [-0.15, -0.1) is 5.10 Å². The molecule has 0 aliphatic carbocycles. The van der Waals surface area contributed by atoms with Gasteiger partial charge in [-0.2, -0.15) is 0 Å². The number of aromatic nitrogens is 3. The molecule has 6 nitrogen and oxygen atoms in total. The molecule has 0 bridgehead atoms. The van der Waals surface area contributed by atoms with E-state index in [0.29, 0.717) is 18.7 Å². The van der Waals surface area contributed by atoms with Crippen molar-refractivity contribution in [3.8, 4) is 0 Å². The zero-order valence-corrected chi connectivity index (χ0v) is 9.55. The van der Waals surface area contributed by atoms with Crippen molar-refractivity contribution in [3.63, 3.8) is 0 Å². The van der Waals surface area contributed by atoms with Gasteiger partial charge >= 0.3 is 5.97 Å². The number of carboxylic acids is 1. The largest absolute Gasteiger partial charge is 0.481 e. The van der Waals surface area contributed by atoms with Crippen LogP contribution in [0.15, 0.2) is 0 Å². The molecule has 0 unspecified atom stereocenters. The summed E-state index contributed by atoms with van der Waals surface area (Å²) in [5, 5.41) is 25.3. The predicted molar refractivity (Wildman–Crippen MR) is 57.2 cm³/mol. The van der Waals surface area contributed by atoms with Gasteiger partial charge in [-0.3, -0.25) is 4.79 Å².